The molecule has 0 aliphatic heterocycles. The molecule has 3 N–H and O–H groups in total. The Morgan fingerprint density at radius 1 is 1.32 bits per heavy atom. The van der Waals surface area contributed by atoms with Gasteiger partial charge in [-0.25, -0.2) is 0 Å². The Hall–Kier alpha value is -1.75. The van der Waals surface area contributed by atoms with Gasteiger partial charge < -0.3 is 20.5 Å². The molecule has 1 amide bonds. The van der Waals surface area contributed by atoms with E-state index in [1.165, 1.54) is 0 Å². The van der Waals surface area contributed by atoms with E-state index in [-0.39, 0.29) is 5.91 Å². The first-order chi connectivity index (χ1) is 9.13. The summed E-state index contributed by atoms with van der Waals surface area (Å²) in [5.74, 6) is 1.59. The van der Waals surface area contributed by atoms with Crippen molar-refractivity contribution in [3.8, 4) is 11.5 Å². The molecule has 0 radical (unpaired) electrons. The van der Waals surface area contributed by atoms with Crippen molar-refractivity contribution >= 4 is 5.91 Å². The monoisotopic (exact) mass is 264 g/mol. The van der Waals surface area contributed by atoms with Crippen LogP contribution in [0.3, 0.4) is 0 Å². The van der Waals surface area contributed by atoms with Gasteiger partial charge in [0.25, 0.3) is 5.91 Å². The molecule has 0 unspecified atom stereocenters. The zero-order valence-corrected chi connectivity index (χ0v) is 11.3. The maximum Gasteiger partial charge on any atom is 0.251 e. The van der Waals surface area contributed by atoms with E-state index in [0.29, 0.717) is 35.6 Å². The second kappa shape index (κ2) is 5.93. The minimum atomic E-state index is -0.0959. The molecule has 1 aromatic rings. The number of hydrogen-bond acceptors (Lipinski definition) is 4. The van der Waals surface area contributed by atoms with E-state index in [0.717, 1.165) is 12.8 Å². The van der Waals surface area contributed by atoms with E-state index in [1.54, 1.807) is 32.4 Å². The highest BCUT2D eigenvalue weighted by atomic mass is 16.5. The Kier molecular flexibility index (Phi) is 4.27. The molecule has 1 aliphatic rings. The molecular weight excluding hydrogens is 244 g/mol. The Balaban J connectivity index is 1.94. The van der Waals surface area contributed by atoms with E-state index in [2.05, 4.69) is 5.32 Å². The average molecular weight is 264 g/mol. The standard InChI is InChI=1S/C14H20N2O3/c1-18-12-4-3-10(7-13(12)19-2)14(17)16-8-9-5-11(15)6-9/h3-4,7,9,11H,5-6,8,15H2,1-2H3,(H,16,17). The molecule has 19 heavy (non-hydrogen) atoms. The first-order valence-electron chi connectivity index (χ1n) is 6.40. The maximum absolute atomic E-state index is 12.0. The number of rotatable bonds is 5. The molecular formula is C14H20N2O3. The summed E-state index contributed by atoms with van der Waals surface area (Å²) in [4.78, 5) is 12.0. The summed E-state index contributed by atoms with van der Waals surface area (Å²) in [6, 6.07) is 5.44. The first kappa shape index (κ1) is 13.7. The zero-order chi connectivity index (χ0) is 13.8. The number of nitrogens with one attached hydrogen (secondary N) is 1. The average Bonchev–Trinajstić information content (AvgIpc) is 2.41. The highest BCUT2D eigenvalue weighted by Gasteiger charge is 2.26. The van der Waals surface area contributed by atoms with Gasteiger partial charge in [0.15, 0.2) is 11.5 Å². The Morgan fingerprint density at radius 3 is 2.58 bits per heavy atom. The van der Waals surface area contributed by atoms with E-state index < -0.39 is 0 Å². The van der Waals surface area contributed by atoms with Crippen LogP contribution in [0.25, 0.3) is 0 Å². The quantitative estimate of drug-likeness (QED) is 0.837. The summed E-state index contributed by atoms with van der Waals surface area (Å²) in [7, 11) is 3.12. The van der Waals surface area contributed by atoms with Crippen LogP contribution in [0.1, 0.15) is 23.2 Å². The molecule has 104 valence electrons. The lowest BCUT2D eigenvalue weighted by molar-refractivity contribution is 0.0935. The summed E-state index contributed by atoms with van der Waals surface area (Å²) in [6.07, 6.45) is 1.98. The number of hydrogen-bond donors (Lipinski definition) is 2. The minimum absolute atomic E-state index is 0.0959. The number of nitrogens with two attached hydrogens (primary N) is 1. The van der Waals surface area contributed by atoms with Crippen molar-refractivity contribution in [2.45, 2.75) is 18.9 Å². The van der Waals surface area contributed by atoms with E-state index in [4.69, 9.17) is 15.2 Å². The number of carbonyl (C=O) groups is 1. The van der Waals surface area contributed by atoms with Gasteiger partial charge in [-0.15, -0.1) is 0 Å². The fraction of sp³-hybridized carbons (Fsp3) is 0.500. The van der Waals surface area contributed by atoms with E-state index in [1.807, 2.05) is 0 Å². The molecule has 2 rings (SSSR count). The van der Waals surface area contributed by atoms with Crippen LogP contribution in [-0.4, -0.2) is 32.7 Å². The topological polar surface area (TPSA) is 73.6 Å². The molecule has 5 heteroatoms. The molecule has 5 nitrogen and oxygen atoms in total. The van der Waals surface area contributed by atoms with Gasteiger partial charge in [-0.2, -0.15) is 0 Å². The predicted octanol–water partition coefficient (Wildman–Crippen LogP) is 1.17. The van der Waals surface area contributed by atoms with Crippen molar-refractivity contribution in [2.75, 3.05) is 20.8 Å². The largest absolute Gasteiger partial charge is 0.493 e. The molecule has 1 saturated carbocycles. The lowest BCUT2D eigenvalue weighted by Crippen LogP contribution is -2.42. The van der Waals surface area contributed by atoms with Crippen molar-refractivity contribution in [1.29, 1.82) is 0 Å². The summed E-state index contributed by atoms with van der Waals surface area (Å²) >= 11 is 0. The predicted molar refractivity (Wildman–Crippen MR) is 72.6 cm³/mol. The number of amides is 1. The fourth-order valence-electron chi connectivity index (χ4n) is 2.27. The molecule has 0 spiro atoms. The highest BCUT2D eigenvalue weighted by Crippen LogP contribution is 2.28. The Morgan fingerprint density at radius 2 is 2.00 bits per heavy atom. The van der Waals surface area contributed by atoms with E-state index in [9.17, 15) is 4.79 Å². The van der Waals surface area contributed by atoms with Gasteiger partial charge in [-0.1, -0.05) is 0 Å². The number of benzene rings is 1. The summed E-state index contributed by atoms with van der Waals surface area (Å²) < 4.78 is 10.3. The second-order valence-corrected chi connectivity index (χ2v) is 4.88. The molecule has 0 heterocycles. The summed E-state index contributed by atoms with van der Waals surface area (Å²) in [5.41, 5.74) is 6.28. The Bertz CT molecular complexity index is 456. The van der Waals surface area contributed by atoms with Crippen LogP contribution >= 0.6 is 0 Å². The Labute approximate surface area is 113 Å². The third-order valence-electron chi connectivity index (χ3n) is 3.47. The minimum Gasteiger partial charge on any atom is -0.493 e. The van der Waals surface area contributed by atoms with Crippen LogP contribution in [0, 0.1) is 5.92 Å². The SMILES string of the molecule is COc1ccc(C(=O)NCC2CC(N)C2)cc1OC. The van der Waals surface area contributed by atoms with Crippen molar-refractivity contribution in [1.82, 2.24) is 5.32 Å². The smallest absolute Gasteiger partial charge is 0.251 e. The van der Waals surface area contributed by atoms with Crippen LogP contribution < -0.4 is 20.5 Å². The van der Waals surface area contributed by atoms with Crippen LogP contribution in [0.4, 0.5) is 0 Å². The number of carbonyl (C=O) groups excluding carboxylic acids is 1. The molecule has 0 atom stereocenters. The molecule has 0 bridgehead atoms. The van der Waals surface area contributed by atoms with Gasteiger partial charge in [-0.05, 0) is 37.0 Å². The van der Waals surface area contributed by atoms with Gasteiger partial charge in [0.1, 0.15) is 0 Å². The van der Waals surface area contributed by atoms with Gasteiger partial charge in [-0.3, -0.25) is 4.79 Å². The van der Waals surface area contributed by atoms with Crippen LogP contribution in [0.15, 0.2) is 18.2 Å². The lowest BCUT2D eigenvalue weighted by atomic mass is 9.81. The van der Waals surface area contributed by atoms with Crippen LogP contribution in [0.5, 0.6) is 11.5 Å². The normalized spacial score (nSPS) is 21.4. The third-order valence-corrected chi connectivity index (χ3v) is 3.47. The van der Waals surface area contributed by atoms with Gasteiger partial charge in [0.05, 0.1) is 14.2 Å². The number of ether oxygens (including phenoxy) is 2. The number of methoxy groups -OCH3 is 2. The lowest BCUT2D eigenvalue weighted by Gasteiger charge is -2.32. The summed E-state index contributed by atoms with van der Waals surface area (Å²) in [6.45, 7) is 0.681. The molecule has 0 saturated heterocycles. The molecule has 0 aromatic heterocycles. The molecule has 1 fully saturated rings. The maximum atomic E-state index is 12.0. The molecule has 1 aromatic carbocycles. The van der Waals surface area contributed by atoms with Gasteiger partial charge >= 0.3 is 0 Å². The van der Waals surface area contributed by atoms with Crippen LogP contribution in [-0.2, 0) is 0 Å². The first-order valence-corrected chi connectivity index (χ1v) is 6.40. The van der Waals surface area contributed by atoms with Crippen molar-refractivity contribution in [2.24, 2.45) is 11.7 Å². The van der Waals surface area contributed by atoms with Crippen molar-refractivity contribution in [3.05, 3.63) is 23.8 Å². The third kappa shape index (κ3) is 3.17. The highest BCUT2D eigenvalue weighted by molar-refractivity contribution is 5.94. The van der Waals surface area contributed by atoms with Crippen LogP contribution in [0.2, 0.25) is 0 Å². The van der Waals surface area contributed by atoms with Gasteiger partial charge in [0.2, 0.25) is 0 Å². The van der Waals surface area contributed by atoms with E-state index >= 15 is 0 Å². The van der Waals surface area contributed by atoms with Gasteiger partial charge in [0, 0.05) is 18.2 Å². The van der Waals surface area contributed by atoms with Crippen molar-refractivity contribution < 1.29 is 14.3 Å². The van der Waals surface area contributed by atoms with Crippen molar-refractivity contribution in [3.63, 3.8) is 0 Å². The summed E-state index contributed by atoms with van der Waals surface area (Å²) in [5, 5.41) is 2.92. The zero-order valence-electron chi connectivity index (χ0n) is 11.3. The fourth-order valence-corrected chi connectivity index (χ4v) is 2.27. The molecule has 1 aliphatic carbocycles. The second-order valence-electron chi connectivity index (χ2n) is 4.88.